The number of carboxylic acid groups (broad SMARTS) is 6. The first-order valence-corrected chi connectivity index (χ1v) is 9.12. The van der Waals surface area contributed by atoms with E-state index < -0.39 is 64.7 Å². The summed E-state index contributed by atoms with van der Waals surface area (Å²) in [6, 6.07) is 8.18. The van der Waals surface area contributed by atoms with E-state index in [1.54, 1.807) is 0 Å². The second-order valence-corrected chi connectivity index (χ2v) is 6.89. The molecule has 0 spiro atoms. The lowest BCUT2D eigenvalue weighted by atomic mass is 9.72. The second kappa shape index (κ2) is 9.68. The number of carbonyl (C=O) groups is 6. The molecule has 0 amide bonds. The van der Waals surface area contributed by atoms with Crippen molar-refractivity contribution < 1.29 is 64.1 Å². The number of carboxylic acids is 6. The number of hydrogen-bond acceptors (Lipinski definition) is 7. The molecule has 0 radical (unpaired) electrons. The standard InChI is InChI=1S/C21H16O13/c22-15(23)12-5-4-11(8-13(12)16(24)25)34-10-3-1-2-9(6-10)7-14(17(26)27)21(18(28)29,19(30)31)20(32)33/h1-6,8,14H,7H2,(H,22,23)(H,24,25)(H,26,27)(H,28,29)(H,30,31)(H,32,33). The van der Waals surface area contributed by atoms with E-state index in [0.717, 1.165) is 24.3 Å². The molecule has 0 saturated heterocycles. The maximum absolute atomic E-state index is 11.7. The quantitative estimate of drug-likeness (QED) is 0.252. The topological polar surface area (TPSA) is 233 Å². The Bertz CT molecular complexity index is 1160. The normalized spacial score (nSPS) is 11.8. The van der Waals surface area contributed by atoms with Crippen molar-refractivity contribution in [3.8, 4) is 11.5 Å². The Morgan fingerprint density at radius 1 is 0.706 bits per heavy atom. The molecule has 0 aliphatic rings. The maximum atomic E-state index is 11.7. The van der Waals surface area contributed by atoms with Crippen LogP contribution in [0.1, 0.15) is 26.3 Å². The van der Waals surface area contributed by atoms with Crippen molar-refractivity contribution in [3.63, 3.8) is 0 Å². The van der Waals surface area contributed by atoms with Crippen LogP contribution in [-0.4, -0.2) is 66.5 Å². The van der Waals surface area contributed by atoms with Crippen LogP contribution in [0, 0.1) is 11.3 Å². The molecule has 13 heteroatoms. The average Bonchev–Trinajstić information content (AvgIpc) is 2.72. The Morgan fingerprint density at radius 3 is 1.71 bits per heavy atom. The highest BCUT2D eigenvalue weighted by atomic mass is 16.5. The van der Waals surface area contributed by atoms with Crippen LogP contribution in [0.25, 0.3) is 0 Å². The van der Waals surface area contributed by atoms with Crippen LogP contribution in [0.2, 0.25) is 0 Å². The molecule has 0 fully saturated rings. The molecule has 0 aromatic heterocycles. The third-order valence-corrected chi connectivity index (χ3v) is 4.86. The predicted octanol–water partition coefficient (Wildman–Crippen LogP) is 1.36. The fraction of sp³-hybridized carbons (Fsp3) is 0.143. The largest absolute Gasteiger partial charge is 0.481 e. The van der Waals surface area contributed by atoms with Crippen molar-refractivity contribution in [2.45, 2.75) is 6.42 Å². The van der Waals surface area contributed by atoms with E-state index in [1.165, 1.54) is 18.2 Å². The van der Waals surface area contributed by atoms with Crippen molar-refractivity contribution in [2.24, 2.45) is 11.3 Å². The third kappa shape index (κ3) is 4.77. The van der Waals surface area contributed by atoms with Gasteiger partial charge in [-0.25, -0.2) is 9.59 Å². The molecular weight excluding hydrogens is 460 g/mol. The molecule has 13 nitrogen and oxygen atoms in total. The molecule has 0 aliphatic carbocycles. The lowest BCUT2D eigenvalue weighted by Gasteiger charge is -2.26. The van der Waals surface area contributed by atoms with Gasteiger partial charge in [0.2, 0.25) is 0 Å². The van der Waals surface area contributed by atoms with E-state index in [0.29, 0.717) is 0 Å². The van der Waals surface area contributed by atoms with Gasteiger partial charge in [-0.2, -0.15) is 0 Å². The Labute approximate surface area is 189 Å². The summed E-state index contributed by atoms with van der Waals surface area (Å²) in [7, 11) is 0. The number of benzene rings is 2. The maximum Gasteiger partial charge on any atom is 0.336 e. The number of aliphatic carboxylic acids is 4. The summed E-state index contributed by atoms with van der Waals surface area (Å²) in [6.07, 6.45) is -0.824. The van der Waals surface area contributed by atoms with Gasteiger partial charge in [0.1, 0.15) is 11.5 Å². The van der Waals surface area contributed by atoms with Crippen molar-refractivity contribution in [1.29, 1.82) is 0 Å². The fourth-order valence-electron chi connectivity index (χ4n) is 3.21. The zero-order valence-corrected chi connectivity index (χ0v) is 16.9. The number of ether oxygens (including phenoxy) is 1. The molecule has 2 aromatic rings. The van der Waals surface area contributed by atoms with Gasteiger partial charge in [-0.3, -0.25) is 19.2 Å². The van der Waals surface area contributed by atoms with E-state index in [4.69, 9.17) is 9.84 Å². The van der Waals surface area contributed by atoms with E-state index in [9.17, 15) is 54.3 Å². The lowest BCUT2D eigenvalue weighted by Crippen LogP contribution is -2.55. The highest BCUT2D eigenvalue weighted by Gasteiger charge is 2.63. The Morgan fingerprint density at radius 2 is 1.24 bits per heavy atom. The van der Waals surface area contributed by atoms with E-state index in [-0.39, 0.29) is 17.1 Å². The van der Waals surface area contributed by atoms with E-state index >= 15 is 0 Å². The number of aromatic carboxylic acids is 2. The van der Waals surface area contributed by atoms with Gasteiger partial charge in [0.15, 0.2) is 0 Å². The molecule has 0 bridgehead atoms. The second-order valence-electron chi connectivity index (χ2n) is 6.89. The highest BCUT2D eigenvalue weighted by Crippen LogP contribution is 2.34. The summed E-state index contributed by atoms with van der Waals surface area (Å²) in [4.78, 5) is 68.9. The highest BCUT2D eigenvalue weighted by molar-refractivity contribution is 6.18. The Kier molecular flexibility index (Phi) is 7.21. The van der Waals surface area contributed by atoms with Crippen LogP contribution < -0.4 is 4.74 Å². The molecule has 2 rings (SSSR count). The average molecular weight is 476 g/mol. The summed E-state index contributed by atoms with van der Waals surface area (Å²) in [6.45, 7) is 0. The Balaban J connectivity index is 2.44. The van der Waals surface area contributed by atoms with Crippen molar-refractivity contribution in [2.75, 3.05) is 0 Å². The van der Waals surface area contributed by atoms with Gasteiger partial charge in [-0.1, -0.05) is 12.1 Å². The molecule has 178 valence electrons. The molecule has 0 heterocycles. The number of rotatable bonds is 11. The van der Waals surface area contributed by atoms with Gasteiger partial charge < -0.3 is 35.4 Å². The van der Waals surface area contributed by atoms with Crippen LogP contribution in [0.15, 0.2) is 42.5 Å². The number of hydrogen-bond donors (Lipinski definition) is 6. The van der Waals surface area contributed by atoms with Gasteiger partial charge in [0, 0.05) is 0 Å². The zero-order chi connectivity index (χ0) is 25.8. The first-order chi connectivity index (χ1) is 15.8. The Hall–Kier alpha value is -4.94. The summed E-state index contributed by atoms with van der Waals surface area (Å²) in [5.41, 5.74) is -4.74. The molecule has 1 unspecified atom stereocenters. The third-order valence-electron chi connectivity index (χ3n) is 4.86. The van der Waals surface area contributed by atoms with Gasteiger partial charge >= 0.3 is 35.8 Å². The predicted molar refractivity (Wildman–Crippen MR) is 107 cm³/mol. The van der Waals surface area contributed by atoms with Gasteiger partial charge in [-0.15, -0.1) is 0 Å². The molecule has 0 saturated carbocycles. The molecule has 2 aromatic carbocycles. The van der Waals surface area contributed by atoms with Crippen LogP contribution in [0.5, 0.6) is 11.5 Å². The van der Waals surface area contributed by atoms with Crippen molar-refractivity contribution >= 4 is 35.8 Å². The summed E-state index contributed by atoms with van der Waals surface area (Å²) >= 11 is 0. The molecule has 1 atom stereocenters. The van der Waals surface area contributed by atoms with Gasteiger partial charge in [-0.05, 0) is 42.3 Å². The monoisotopic (exact) mass is 476 g/mol. The molecule has 6 N–H and O–H groups in total. The van der Waals surface area contributed by atoms with Crippen LogP contribution >= 0.6 is 0 Å². The SMILES string of the molecule is O=C(O)c1ccc(Oc2cccc(CC(C(=O)O)C(C(=O)O)(C(=O)O)C(=O)O)c2)cc1C(=O)O. The minimum absolute atomic E-state index is 0.00126. The first kappa shape index (κ1) is 25.3. The lowest BCUT2D eigenvalue weighted by molar-refractivity contribution is -0.185. The van der Waals surface area contributed by atoms with Gasteiger partial charge in [0.05, 0.1) is 17.0 Å². The molecular formula is C21H16O13. The molecule has 34 heavy (non-hydrogen) atoms. The van der Waals surface area contributed by atoms with Crippen LogP contribution in [0.3, 0.4) is 0 Å². The summed E-state index contributed by atoms with van der Waals surface area (Å²) in [5.74, 6) is -14.7. The van der Waals surface area contributed by atoms with Crippen LogP contribution in [0.4, 0.5) is 0 Å². The van der Waals surface area contributed by atoms with Crippen molar-refractivity contribution in [1.82, 2.24) is 0 Å². The summed E-state index contributed by atoms with van der Waals surface area (Å²) < 4.78 is 5.46. The van der Waals surface area contributed by atoms with Crippen molar-refractivity contribution in [3.05, 3.63) is 59.2 Å². The first-order valence-electron chi connectivity index (χ1n) is 9.12. The smallest absolute Gasteiger partial charge is 0.336 e. The fourth-order valence-corrected chi connectivity index (χ4v) is 3.21. The van der Waals surface area contributed by atoms with E-state index in [2.05, 4.69) is 0 Å². The zero-order valence-electron chi connectivity index (χ0n) is 16.9. The minimum atomic E-state index is -3.67. The minimum Gasteiger partial charge on any atom is -0.481 e. The molecule has 0 aliphatic heterocycles. The van der Waals surface area contributed by atoms with Crippen LogP contribution in [-0.2, 0) is 25.6 Å². The van der Waals surface area contributed by atoms with E-state index in [1.807, 2.05) is 0 Å². The van der Waals surface area contributed by atoms with Gasteiger partial charge in [0.25, 0.3) is 5.41 Å². The summed E-state index contributed by atoms with van der Waals surface area (Å²) in [5, 5.41) is 55.6.